The van der Waals surface area contributed by atoms with Crippen molar-refractivity contribution in [3.05, 3.63) is 59.7 Å². The Hall–Kier alpha value is -2.14. The van der Waals surface area contributed by atoms with Crippen LogP contribution >= 0.6 is 0 Å². The summed E-state index contributed by atoms with van der Waals surface area (Å²) in [5, 5.41) is 0. The van der Waals surface area contributed by atoms with E-state index >= 15 is 0 Å². The van der Waals surface area contributed by atoms with E-state index in [9.17, 15) is 8.42 Å². The summed E-state index contributed by atoms with van der Waals surface area (Å²) in [5.74, 6) is 0.757. The Labute approximate surface area is 130 Å². The lowest BCUT2D eigenvalue weighted by Gasteiger charge is -2.22. The van der Waals surface area contributed by atoms with E-state index < -0.39 is 10.0 Å². The van der Waals surface area contributed by atoms with Gasteiger partial charge in [-0.15, -0.1) is 4.40 Å². The fourth-order valence-corrected chi connectivity index (χ4v) is 3.56. The minimum Gasteiger partial charge on any atom is -0.437 e. The zero-order valence-electron chi connectivity index (χ0n) is 12.7. The Morgan fingerprint density at radius 2 is 1.59 bits per heavy atom. The number of fused-ring (bicyclic) bond motifs is 1. The van der Waals surface area contributed by atoms with Gasteiger partial charge in [0.05, 0.1) is 5.56 Å². The Morgan fingerprint density at radius 3 is 2.32 bits per heavy atom. The molecule has 22 heavy (non-hydrogen) atoms. The molecule has 4 nitrogen and oxygen atoms in total. The zero-order chi connectivity index (χ0) is 16.0. The SMILES string of the molecule is CC(C)(C)c1ccccc1OC1=NS(=O)(=O)c2ccccc21. The average molecular weight is 315 g/mol. The molecule has 1 aliphatic heterocycles. The first-order chi connectivity index (χ1) is 10.3. The molecule has 0 unspecified atom stereocenters. The van der Waals surface area contributed by atoms with Crippen molar-refractivity contribution in [2.24, 2.45) is 4.40 Å². The van der Waals surface area contributed by atoms with E-state index in [2.05, 4.69) is 25.2 Å². The molecule has 114 valence electrons. The standard InChI is InChI=1S/C17H17NO3S/c1-17(2,3)13-9-5-6-10-14(13)21-16-12-8-4-7-11-15(12)22(19,20)18-16/h4-11H,1-3H3. The summed E-state index contributed by atoms with van der Waals surface area (Å²) >= 11 is 0. The van der Waals surface area contributed by atoms with Crippen LogP contribution in [0.4, 0.5) is 0 Å². The number of sulfonamides is 1. The molecule has 0 saturated carbocycles. The third kappa shape index (κ3) is 2.52. The predicted molar refractivity (Wildman–Crippen MR) is 85.9 cm³/mol. The van der Waals surface area contributed by atoms with Gasteiger partial charge in [0.2, 0.25) is 5.90 Å². The third-order valence-corrected chi connectivity index (χ3v) is 4.82. The van der Waals surface area contributed by atoms with E-state index in [0.29, 0.717) is 11.3 Å². The lowest BCUT2D eigenvalue weighted by molar-refractivity contribution is 0.506. The number of hydrogen-bond acceptors (Lipinski definition) is 3. The Balaban J connectivity index is 2.07. The highest BCUT2D eigenvalue weighted by molar-refractivity contribution is 7.90. The van der Waals surface area contributed by atoms with Crippen molar-refractivity contribution in [3.63, 3.8) is 0 Å². The first-order valence-electron chi connectivity index (χ1n) is 7.01. The molecule has 5 heteroatoms. The molecular formula is C17H17NO3S. The maximum Gasteiger partial charge on any atom is 0.286 e. The van der Waals surface area contributed by atoms with E-state index in [-0.39, 0.29) is 16.2 Å². The van der Waals surface area contributed by atoms with Gasteiger partial charge < -0.3 is 4.74 Å². The summed E-state index contributed by atoms with van der Waals surface area (Å²) in [6.45, 7) is 6.24. The molecular weight excluding hydrogens is 298 g/mol. The van der Waals surface area contributed by atoms with Gasteiger partial charge in [-0.1, -0.05) is 51.1 Å². The Morgan fingerprint density at radius 1 is 0.955 bits per heavy atom. The molecule has 0 spiro atoms. The molecule has 0 aromatic heterocycles. The lowest BCUT2D eigenvalue weighted by atomic mass is 9.86. The van der Waals surface area contributed by atoms with Gasteiger partial charge in [0, 0.05) is 5.56 Å². The molecule has 1 heterocycles. The van der Waals surface area contributed by atoms with E-state index in [4.69, 9.17) is 4.74 Å². The molecule has 0 saturated heterocycles. The van der Waals surface area contributed by atoms with Crippen LogP contribution in [-0.2, 0) is 15.4 Å². The summed E-state index contributed by atoms with van der Waals surface area (Å²) in [4.78, 5) is 0.193. The Kier molecular flexibility index (Phi) is 3.33. The van der Waals surface area contributed by atoms with Crippen molar-refractivity contribution < 1.29 is 13.2 Å². The quantitative estimate of drug-likeness (QED) is 0.809. The van der Waals surface area contributed by atoms with Crippen LogP contribution in [-0.4, -0.2) is 14.3 Å². The van der Waals surface area contributed by atoms with Gasteiger partial charge in [0.1, 0.15) is 10.6 Å². The van der Waals surface area contributed by atoms with Crippen LogP contribution in [0.15, 0.2) is 57.8 Å². The molecule has 0 bridgehead atoms. The van der Waals surface area contributed by atoms with Gasteiger partial charge in [0.15, 0.2) is 0 Å². The van der Waals surface area contributed by atoms with Crippen molar-refractivity contribution in [1.29, 1.82) is 0 Å². The number of benzene rings is 2. The van der Waals surface area contributed by atoms with Crippen molar-refractivity contribution >= 4 is 15.9 Å². The van der Waals surface area contributed by atoms with Crippen LogP contribution in [0.25, 0.3) is 0 Å². The molecule has 0 aliphatic carbocycles. The van der Waals surface area contributed by atoms with Gasteiger partial charge in [-0.05, 0) is 23.6 Å². The number of para-hydroxylation sites is 1. The monoisotopic (exact) mass is 315 g/mol. The highest BCUT2D eigenvalue weighted by atomic mass is 32.2. The Bertz CT molecular complexity index is 861. The second-order valence-corrected chi connectivity index (χ2v) is 7.79. The molecule has 2 aromatic carbocycles. The summed E-state index contributed by atoms with van der Waals surface area (Å²) in [6.07, 6.45) is 0. The number of nitrogens with zero attached hydrogens (tertiary/aromatic N) is 1. The minimum absolute atomic E-state index is 0.117. The van der Waals surface area contributed by atoms with Crippen molar-refractivity contribution in [3.8, 4) is 5.75 Å². The maximum atomic E-state index is 12.1. The molecule has 1 aliphatic rings. The molecule has 0 amide bonds. The minimum atomic E-state index is -3.66. The highest BCUT2D eigenvalue weighted by Gasteiger charge is 2.31. The van der Waals surface area contributed by atoms with Gasteiger partial charge in [-0.2, -0.15) is 8.42 Å². The first-order valence-corrected chi connectivity index (χ1v) is 8.45. The number of rotatable bonds is 1. The highest BCUT2D eigenvalue weighted by Crippen LogP contribution is 2.33. The maximum absolute atomic E-state index is 12.1. The van der Waals surface area contributed by atoms with Gasteiger partial charge >= 0.3 is 0 Å². The average Bonchev–Trinajstić information content (AvgIpc) is 2.70. The van der Waals surface area contributed by atoms with E-state index in [1.165, 1.54) is 0 Å². The molecule has 0 atom stereocenters. The largest absolute Gasteiger partial charge is 0.437 e. The van der Waals surface area contributed by atoms with Crippen LogP contribution in [0.1, 0.15) is 31.9 Å². The van der Waals surface area contributed by atoms with E-state index in [1.807, 2.05) is 24.3 Å². The number of hydrogen-bond donors (Lipinski definition) is 0. The molecule has 2 aromatic rings. The third-order valence-electron chi connectivity index (χ3n) is 3.50. The topological polar surface area (TPSA) is 55.7 Å². The molecule has 0 fully saturated rings. The smallest absolute Gasteiger partial charge is 0.286 e. The van der Waals surface area contributed by atoms with Crippen molar-refractivity contribution in [1.82, 2.24) is 0 Å². The summed E-state index contributed by atoms with van der Waals surface area (Å²) in [7, 11) is -3.66. The van der Waals surface area contributed by atoms with Crippen LogP contribution in [0.2, 0.25) is 0 Å². The molecule has 3 rings (SSSR count). The van der Waals surface area contributed by atoms with E-state index in [0.717, 1.165) is 5.56 Å². The van der Waals surface area contributed by atoms with Crippen LogP contribution in [0.3, 0.4) is 0 Å². The van der Waals surface area contributed by atoms with Crippen molar-refractivity contribution in [2.45, 2.75) is 31.1 Å². The van der Waals surface area contributed by atoms with Gasteiger partial charge in [-0.3, -0.25) is 0 Å². The van der Waals surface area contributed by atoms with Gasteiger partial charge in [-0.25, -0.2) is 0 Å². The summed E-state index contributed by atoms with van der Waals surface area (Å²) in [6, 6.07) is 14.3. The van der Waals surface area contributed by atoms with Crippen LogP contribution in [0, 0.1) is 0 Å². The fourth-order valence-electron chi connectivity index (χ4n) is 2.43. The normalized spacial score (nSPS) is 16.0. The fraction of sp³-hybridized carbons (Fsp3) is 0.235. The molecule has 0 radical (unpaired) electrons. The second kappa shape index (κ2) is 4.95. The summed E-state index contributed by atoms with van der Waals surface area (Å²) in [5.41, 5.74) is 1.39. The van der Waals surface area contributed by atoms with Crippen molar-refractivity contribution in [2.75, 3.05) is 0 Å². The predicted octanol–water partition coefficient (Wildman–Crippen LogP) is 3.51. The molecule has 0 N–H and O–H groups in total. The van der Waals surface area contributed by atoms with Crippen LogP contribution in [0.5, 0.6) is 5.75 Å². The number of ether oxygens (including phenoxy) is 1. The van der Waals surface area contributed by atoms with E-state index in [1.54, 1.807) is 24.3 Å². The lowest BCUT2D eigenvalue weighted by Crippen LogP contribution is -2.16. The van der Waals surface area contributed by atoms with Crippen LogP contribution < -0.4 is 4.74 Å². The zero-order valence-corrected chi connectivity index (χ0v) is 13.5. The summed E-state index contributed by atoms with van der Waals surface area (Å²) < 4.78 is 33.8. The van der Waals surface area contributed by atoms with Gasteiger partial charge in [0.25, 0.3) is 10.0 Å². The second-order valence-electron chi connectivity index (χ2n) is 6.22. The first kappa shape index (κ1) is 14.8.